The van der Waals surface area contributed by atoms with Crippen molar-refractivity contribution >= 4 is 5.91 Å². The van der Waals surface area contributed by atoms with Gasteiger partial charge in [-0.2, -0.15) is 0 Å². The van der Waals surface area contributed by atoms with Gasteiger partial charge in [0.15, 0.2) is 0 Å². The number of amides is 1. The number of aliphatic hydroxyl groups excluding tert-OH is 1. The smallest absolute Gasteiger partial charge is 0.223 e. The van der Waals surface area contributed by atoms with Gasteiger partial charge in [-0.25, -0.2) is 0 Å². The summed E-state index contributed by atoms with van der Waals surface area (Å²) < 4.78 is 5.68. The standard InChI is InChI=1S/C16H23NO3/c1-13-6-2-3-8-15(13)20-11-5-9-16(19)17-10-4-7-14(17)12-18/h2-3,6,8,14,18H,4-5,7,9-12H2,1H3/t14-/m0/s1. The first kappa shape index (κ1) is 14.9. The van der Waals surface area contributed by atoms with Crippen molar-refractivity contribution in [3.8, 4) is 5.75 Å². The zero-order chi connectivity index (χ0) is 14.4. The third kappa shape index (κ3) is 3.73. The number of carbonyl (C=O) groups is 1. The van der Waals surface area contributed by atoms with Crippen LogP contribution in [0.4, 0.5) is 0 Å². The maximum absolute atomic E-state index is 12.1. The fourth-order valence-electron chi connectivity index (χ4n) is 2.62. The molecule has 0 aromatic heterocycles. The summed E-state index contributed by atoms with van der Waals surface area (Å²) in [5, 5.41) is 9.22. The number of nitrogens with zero attached hydrogens (tertiary/aromatic N) is 1. The fourth-order valence-corrected chi connectivity index (χ4v) is 2.62. The lowest BCUT2D eigenvalue weighted by Gasteiger charge is -2.23. The number of benzene rings is 1. The molecule has 1 aliphatic rings. The van der Waals surface area contributed by atoms with E-state index in [4.69, 9.17) is 4.74 Å². The van der Waals surface area contributed by atoms with Gasteiger partial charge in [0, 0.05) is 13.0 Å². The average molecular weight is 277 g/mol. The van der Waals surface area contributed by atoms with E-state index in [0.717, 1.165) is 30.7 Å². The Hall–Kier alpha value is -1.55. The molecule has 0 radical (unpaired) electrons. The Morgan fingerprint density at radius 2 is 2.25 bits per heavy atom. The highest BCUT2D eigenvalue weighted by atomic mass is 16.5. The third-order valence-corrected chi connectivity index (χ3v) is 3.79. The zero-order valence-electron chi connectivity index (χ0n) is 12.0. The minimum Gasteiger partial charge on any atom is -0.493 e. The van der Waals surface area contributed by atoms with Crippen molar-refractivity contribution in [3.05, 3.63) is 29.8 Å². The third-order valence-electron chi connectivity index (χ3n) is 3.79. The summed E-state index contributed by atoms with van der Waals surface area (Å²) in [5.41, 5.74) is 1.11. The summed E-state index contributed by atoms with van der Waals surface area (Å²) in [5.74, 6) is 1.02. The summed E-state index contributed by atoms with van der Waals surface area (Å²) in [4.78, 5) is 13.9. The van der Waals surface area contributed by atoms with Gasteiger partial charge in [-0.3, -0.25) is 4.79 Å². The largest absolute Gasteiger partial charge is 0.493 e. The molecular weight excluding hydrogens is 254 g/mol. The molecule has 1 aliphatic heterocycles. The molecule has 1 heterocycles. The Morgan fingerprint density at radius 1 is 1.45 bits per heavy atom. The van der Waals surface area contributed by atoms with Crippen LogP contribution in [0.15, 0.2) is 24.3 Å². The molecular formula is C16H23NO3. The molecule has 1 N–H and O–H groups in total. The second kappa shape index (κ2) is 7.29. The number of ether oxygens (including phenoxy) is 1. The predicted molar refractivity (Wildman–Crippen MR) is 77.7 cm³/mol. The number of rotatable bonds is 6. The molecule has 1 fully saturated rings. The molecule has 4 heteroatoms. The summed E-state index contributed by atoms with van der Waals surface area (Å²) in [6.07, 6.45) is 3.11. The summed E-state index contributed by atoms with van der Waals surface area (Å²) >= 11 is 0. The summed E-state index contributed by atoms with van der Waals surface area (Å²) in [6.45, 7) is 3.42. The fraction of sp³-hybridized carbons (Fsp3) is 0.562. The number of para-hydroxylation sites is 1. The number of carbonyl (C=O) groups excluding carboxylic acids is 1. The maximum atomic E-state index is 12.1. The van der Waals surface area contributed by atoms with E-state index >= 15 is 0 Å². The van der Waals surface area contributed by atoms with Gasteiger partial charge in [0.2, 0.25) is 5.91 Å². The van der Waals surface area contributed by atoms with E-state index in [2.05, 4.69) is 0 Å². The van der Waals surface area contributed by atoms with Crippen molar-refractivity contribution in [3.63, 3.8) is 0 Å². The lowest BCUT2D eigenvalue weighted by Crippen LogP contribution is -2.37. The number of aliphatic hydroxyl groups is 1. The van der Waals surface area contributed by atoms with Crippen LogP contribution in [0, 0.1) is 6.92 Å². The number of hydrogen-bond donors (Lipinski definition) is 1. The van der Waals surface area contributed by atoms with E-state index in [1.807, 2.05) is 36.1 Å². The van der Waals surface area contributed by atoms with Crippen molar-refractivity contribution in [2.45, 2.75) is 38.6 Å². The van der Waals surface area contributed by atoms with Crippen LogP contribution in [0.3, 0.4) is 0 Å². The highest BCUT2D eigenvalue weighted by Crippen LogP contribution is 2.19. The van der Waals surface area contributed by atoms with Crippen LogP contribution >= 0.6 is 0 Å². The SMILES string of the molecule is Cc1ccccc1OCCCC(=O)N1CCC[C@H]1CO. The second-order valence-electron chi connectivity index (χ2n) is 5.28. The minimum absolute atomic E-state index is 0.0276. The van der Waals surface area contributed by atoms with E-state index in [1.165, 1.54) is 0 Å². The molecule has 20 heavy (non-hydrogen) atoms. The van der Waals surface area contributed by atoms with E-state index in [0.29, 0.717) is 19.4 Å². The van der Waals surface area contributed by atoms with Crippen molar-refractivity contribution in [1.82, 2.24) is 4.90 Å². The highest BCUT2D eigenvalue weighted by Gasteiger charge is 2.27. The van der Waals surface area contributed by atoms with Gasteiger partial charge < -0.3 is 14.7 Å². The van der Waals surface area contributed by atoms with Crippen LogP contribution < -0.4 is 4.74 Å². The quantitative estimate of drug-likeness (QED) is 0.810. The molecule has 0 unspecified atom stereocenters. The average Bonchev–Trinajstić information content (AvgIpc) is 2.93. The molecule has 0 spiro atoms. The maximum Gasteiger partial charge on any atom is 0.223 e. The first-order chi connectivity index (χ1) is 9.72. The Balaban J connectivity index is 1.71. The first-order valence-electron chi connectivity index (χ1n) is 7.31. The first-order valence-corrected chi connectivity index (χ1v) is 7.31. The van der Waals surface area contributed by atoms with Crippen LogP contribution in [0.2, 0.25) is 0 Å². The van der Waals surface area contributed by atoms with Crippen LogP contribution in [-0.2, 0) is 4.79 Å². The Morgan fingerprint density at radius 3 is 3.00 bits per heavy atom. The molecule has 4 nitrogen and oxygen atoms in total. The van der Waals surface area contributed by atoms with Gasteiger partial charge in [0.25, 0.3) is 0 Å². The zero-order valence-corrected chi connectivity index (χ0v) is 12.0. The second-order valence-corrected chi connectivity index (χ2v) is 5.28. The molecule has 1 saturated heterocycles. The monoisotopic (exact) mass is 277 g/mol. The number of likely N-dealkylation sites (tertiary alicyclic amines) is 1. The van der Waals surface area contributed by atoms with Gasteiger partial charge in [0.1, 0.15) is 5.75 Å². The molecule has 0 saturated carbocycles. The molecule has 2 rings (SSSR count). The van der Waals surface area contributed by atoms with Gasteiger partial charge >= 0.3 is 0 Å². The van der Waals surface area contributed by atoms with Crippen molar-refractivity contribution in [2.75, 3.05) is 19.8 Å². The van der Waals surface area contributed by atoms with Gasteiger partial charge in [-0.05, 0) is 37.8 Å². The van der Waals surface area contributed by atoms with E-state index in [9.17, 15) is 9.90 Å². The van der Waals surface area contributed by atoms with Gasteiger partial charge in [0.05, 0.1) is 19.3 Å². The van der Waals surface area contributed by atoms with Crippen LogP contribution in [0.5, 0.6) is 5.75 Å². The number of aryl methyl sites for hydroxylation is 1. The van der Waals surface area contributed by atoms with E-state index in [1.54, 1.807) is 0 Å². The number of hydrogen-bond acceptors (Lipinski definition) is 3. The van der Waals surface area contributed by atoms with E-state index < -0.39 is 0 Å². The van der Waals surface area contributed by atoms with Crippen molar-refractivity contribution < 1.29 is 14.6 Å². The van der Waals surface area contributed by atoms with Crippen LogP contribution in [0.25, 0.3) is 0 Å². The van der Waals surface area contributed by atoms with Crippen molar-refractivity contribution in [2.24, 2.45) is 0 Å². The van der Waals surface area contributed by atoms with Gasteiger partial charge in [-0.15, -0.1) is 0 Å². The normalized spacial score (nSPS) is 18.3. The molecule has 1 aromatic carbocycles. The molecule has 1 aromatic rings. The molecule has 1 atom stereocenters. The minimum atomic E-state index is 0.0276. The Labute approximate surface area is 120 Å². The van der Waals surface area contributed by atoms with Crippen molar-refractivity contribution in [1.29, 1.82) is 0 Å². The molecule has 110 valence electrons. The Bertz CT molecular complexity index is 447. The lowest BCUT2D eigenvalue weighted by molar-refractivity contribution is -0.132. The Kier molecular flexibility index (Phi) is 5.41. The highest BCUT2D eigenvalue weighted by molar-refractivity contribution is 5.76. The van der Waals surface area contributed by atoms with Crippen LogP contribution in [0.1, 0.15) is 31.2 Å². The summed E-state index contributed by atoms with van der Waals surface area (Å²) in [7, 11) is 0. The van der Waals surface area contributed by atoms with Gasteiger partial charge in [-0.1, -0.05) is 18.2 Å². The molecule has 0 bridgehead atoms. The molecule has 0 aliphatic carbocycles. The summed E-state index contributed by atoms with van der Waals surface area (Å²) in [6, 6.07) is 7.91. The lowest BCUT2D eigenvalue weighted by atomic mass is 10.2. The topological polar surface area (TPSA) is 49.8 Å². The molecule has 1 amide bonds. The van der Waals surface area contributed by atoms with E-state index in [-0.39, 0.29) is 18.6 Å². The predicted octanol–water partition coefficient (Wildman–Crippen LogP) is 2.14. The van der Waals surface area contributed by atoms with Crippen LogP contribution in [-0.4, -0.2) is 41.7 Å².